The summed E-state index contributed by atoms with van der Waals surface area (Å²) < 4.78 is 19.5. The number of aromatic amines is 1. The van der Waals surface area contributed by atoms with Crippen LogP contribution in [-0.2, 0) is 6.54 Å². The van der Waals surface area contributed by atoms with Crippen LogP contribution in [0.15, 0.2) is 46.1 Å². The van der Waals surface area contributed by atoms with Crippen molar-refractivity contribution in [3.63, 3.8) is 0 Å². The third-order valence-electron chi connectivity index (χ3n) is 5.18. The zero-order chi connectivity index (χ0) is 18.7. The van der Waals surface area contributed by atoms with E-state index in [0.717, 1.165) is 29.5 Å². The fourth-order valence-corrected chi connectivity index (χ4v) is 4.59. The van der Waals surface area contributed by atoms with Crippen molar-refractivity contribution < 1.29 is 4.39 Å². The summed E-state index contributed by atoms with van der Waals surface area (Å²) >= 11 is 1.19. The molecule has 1 aliphatic rings. The van der Waals surface area contributed by atoms with Crippen molar-refractivity contribution in [3.05, 3.63) is 74.2 Å². The molecule has 1 saturated carbocycles. The van der Waals surface area contributed by atoms with Crippen molar-refractivity contribution >= 4 is 27.1 Å². The van der Waals surface area contributed by atoms with E-state index >= 15 is 0 Å². The molecule has 7 heteroatoms. The molecule has 0 unspecified atom stereocenters. The van der Waals surface area contributed by atoms with Crippen LogP contribution in [0.2, 0.25) is 0 Å². The lowest BCUT2D eigenvalue weighted by molar-refractivity contribution is 0.621. The number of nitrogens with two attached hydrogens (primary N) is 1. The molecule has 0 aliphatic heterocycles. The van der Waals surface area contributed by atoms with E-state index < -0.39 is 16.9 Å². The third-order valence-corrected chi connectivity index (χ3v) is 6.10. The van der Waals surface area contributed by atoms with Gasteiger partial charge in [-0.2, -0.15) is 0 Å². The molecule has 1 aromatic carbocycles. The number of rotatable bonds is 3. The summed E-state index contributed by atoms with van der Waals surface area (Å²) in [7, 11) is 0. The van der Waals surface area contributed by atoms with Gasteiger partial charge in [-0.1, -0.05) is 35.8 Å². The van der Waals surface area contributed by atoms with Crippen LogP contribution < -0.4 is 16.9 Å². The number of hydrogen-bond donors (Lipinski definition) is 2. The number of halogens is 1. The average molecular weight is 381 g/mol. The van der Waals surface area contributed by atoms with Gasteiger partial charge in [-0.15, -0.1) is 0 Å². The predicted molar refractivity (Wildman–Crippen MR) is 105 cm³/mol. The zero-order valence-corrected chi connectivity index (χ0v) is 15.1. The van der Waals surface area contributed by atoms with Crippen LogP contribution >= 0.6 is 11.5 Å². The molecule has 0 radical (unpaired) electrons. The van der Waals surface area contributed by atoms with Gasteiger partial charge in [-0.25, -0.2) is 4.39 Å². The van der Waals surface area contributed by atoms with Crippen molar-refractivity contribution in [2.45, 2.75) is 25.3 Å². The number of benzene rings is 1. The van der Waals surface area contributed by atoms with Crippen LogP contribution in [0, 0.1) is 5.82 Å². The summed E-state index contributed by atoms with van der Waals surface area (Å²) in [5.41, 5.74) is 8.52. The minimum Gasteiger partial charge on any atom is -0.326 e. The second-order valence-electron chi connectivity index (χ2n) is 6.92. The number of hydrogen-bond acceptors (Lipinski definition) is 4. The van der Waals surface area contributed by atoms with E-state index in [1.807, 2.05) is 24.3 Å². The topological polar surface area (TPSA) is 80.4 Å². The number of nitrogens with zero attached hydrogens (tertiary/aromatic N) is 1. The van der Waals surface area contributed by atoms with Crippen LogP contribution in [-0.4, -0.2) is 8.77 Å². The van der Waals surface area contributed by atoms with Gasteiger partial charge in [0.1, 0.15) is 11.2 Å². The van der Waals surface area contributed by atoms with Crippen LogP contribution in [0.5, 0.6) is 0 Å². The maximum absolute atomic E-state index is 14.9. The molecule has 3 N–H and O–H groups in total. The van der Waals surface area contributed by atoms with Crippen molar-refractivity contribution in [1.29, 1.82) is 0 Å². The van der Waals surface area contributed by atoms with Gasteiger partial charge in [-0.3, -0.25) is 18.4 Å². The highest BCUT2D eigenvalue weighted by atomic mass is 32.1. The number of pyridine rings is 2. The Balaban J connectivity index is 1.86. The van der Waals surface area contributed by atoms with Gasteiger partial charge in [0.05, 0.1) is 10.2 Å². The van der Waals surface area contributed by atoms with Gasteiger partial charge < -0.3 is 5.73 Å². The number of H-pyrrole nitrogens is 1. The van der Waals surface area contributed by atoms with Crippen LogP contribution in [0.4, 0.5) is 4.39 Å². The number of aromatic nitrogens is 2. The Kier molecular flexibility index (Phi) is 3.57. The fourth-order valence-electron chi connectivity index (χ4n) is 3.63. The van der Waals surface area contributed by atoms with Crippen LogP contribution in [0.25, 0.3) is 26.7 Å². The maximum Gasteiger partial charge on any atom is 0.271 e. The second-order valence-corrected chi connectivity index (χ2v) is 7.74. The quantitative estimate of drug-likeness (QED) is 0.571. The highest BCUT2D eigenvalue weighted by molar-refractivity contribution is 7.13. The van der Waals surface area contributed by atoms with E-state index in [-0.39, 0.29) is 5.39 Å². The minimum atomic E-state index is -0.502. The smallest absolute Gasteiger partial charge is 0.271 e. The van der Waals surface area contributed by atoms with Gasteiger partial charge in [-0.05, 0) is 41.5 Å². The Hall–Kier alpha value is -2.77. The van der Waals surface area contributed by atoms with E-state index in [1.165, 1.54) is 22.1 Å². The zero-order valence-electron chi connectivity index (χ0n) is 14.3. The highest BCUT2D eigenvalue weighted by Gasteiger charge is 2.30. The summed E-state index contributed by atoms with van der Waals surface area (Å²) in [5, 5.41) is 0.124. The second kappa shape index (κ2) is 5.87. The Morgan fingerprint density at radius 2 is 1.96 bits per heavy atom. The van der Waals surface area contributed by atoms with E-state index in [0.29, 0.717) is 28.2 Å². The first-order chi connectivity index (χ1) is 13.1. The number of nitrogens with one attached hydrogen (secondary N) is 1. The van der Waals surface area contributed by atoms with Crippen molar-refractivity contribution in [3.8, 4) is 11.1 Å². The lowest BCUT2D eigenvalue weighted by atomic mass is 10.0. The first-order valence-corrected chi connectivity index (χ1v) is 9.58. The van der Waals surface area contributed by atoms with Crippen LogP contribution in [0.1, 0.15) is 29.9 Å². The molecule has 0 saturated heterocycles. The molecule has 0 spiro atoms. The van der Waals surface area contributed by atoms with Gasteiger partial charge in [0.15, 0.2) is 0 Å². The summed E-state index contributed by atoms with van der Waals surface area (Å²) in [4.78, 5) is 24.9. The van der Waals surface area contributed by atoms with Crippen molar-refractivity contribution in [2.24, 2.45) is 5.73 Å². The Morgan fingerprint density at radius 1 is 1.22 bits per heavy atom. The molecule has 3 heterocycles. The van der Waals surface area contributed by atoms with Gasteiger partial charge in [0.25, 0.3) is 11.1 Å². The molecule has 0 atom stereocenters. The molecule has 1 aliphatic carbocycles. The molecule has 136 valence electrons. The molecule has 1 fully saturated rings. The van der Waals surface area contributed by atoms with E-state index in [1.54, 1.807) is 6.07 Å². The highest BCUT2D eigenvalue weighted by Crippen LogP contribution is 2.45. The normalized spacial score (nSPS) is 14.3. The van der Waals surface area contributed by atoms with Gasteiger partial charge in [0.2, 0.25) is 0 Å². The first-order valence-electron chi connectivity index (χ1n) is 8.77. The molecule has 0 amide bonds. The first kappa shape index (κ1) is 16.4. The lowest BCUT2D eigenvalue weighted by Gasteiger charge is -2.12. The van der Waals surface area contributed by atoms with E-state index in [2.05, 4.69) is 4.37 Å². The molecule has 4 aromatic rings. The molecule has 27 heavy (non-hydrogen) atoms. The maximum atomic E-state index is 14.9. The minimum absolute atomic E-state index is 0.124. The largest absolute Gasteiger partial charge is 0.326 e. The summed E-state index contributed by atoms with van der Waals surface area (Å²) in [6.07, 6.45) is 3.21. The molecule has 5 rings (SSSR count). The Morgan fingerprint density at radius 3 is 2.63 bits per heavy atom. The monoisotopic (exact) mass is 381 g/mol. The standard InChI is InChI=1S/C20H16FN3O2S/c21-14-9-24-15(7-13(14)11-3-1-10(8-22)2-4-11)16(12-5-6-12)18-17(20(24)26)19(25)23-27-18/h1-4,7,9,12H,5-6,8,22H2,(H,23,25). The summed E-state index contributed by atoms with van der Waals surface area (Å²) in [6.45, 7) is 0.423. The predicted octanol–water partition coefficient (Wildman–Crippen LogP) is 3.34. The molecule has 5 nitrogen and oxygen atoms in total. The van der Waals surface area contributed by atoms with Crippen LogP contribution in [0.3, 0.4) is 0 Å². The number of fused-ring (bicyclic) bond motifs is 2. The molecular weight excluding hydrogens is 365 g/mol. The van der Waals surface area contributed by atoms with Gasteiger partial charge in [0, 0.05) is 18.3 Å². The van der Waals surface area contributed by atoms with E-state index in [4.69, 9.17) is 5.73 Å². The fraction of sp³-hybridized carbons (Fsp3) is 0.200. The average Bonchev–Trinajstić information content (AvgIpc) is 3.44. The van der Waals surface area contributed by atoms with E-state index in [9.17, 15) is 14.0 Å². The lowest BCUT2D eigenvalue weighted by Crippen LogP contribution is -2.20. The molecule has 0 bridgehead atoms. The molecular formula is C20H16FN3O2S. The Labute approximate surface area is 157 Å². The molecule has 3 aromatic heterocycles. The Bertz CT molecular complexity index is 1310. The third kappa shape index (κ3) is 2.46. The SMILES string of the molecule is NCc1ccc(-c2cc3c(C4CC4)c4s[nH]c(=O)c4c(=O)n3cc2F)cc1. The van der Waals surface area contributed by atoms with Crippen molar-refractivity contribution in [1.82, 2.24) is 8.77 Å². The van der Waals surface area contributed by atoms with Crippen molar-refractivity contribution in [2.75, 3.05) is 0 Å². The summed E-state index contributed by atoms with van der Waals surface area (Å²) in [5.74, 6) is -0.203. The van der Waals surface area contributed by atoms with Gasteiger partial charge >= 0.3 is 0 Å². The summed E-state index contributed by atoms with van der Waals surface area (Å²) in [6, 6.07) is 9.13.